The molecule has 28 heavy (non-hydrogen) atoms. The summed E-state index contributed by atoms with van der Waals surface area (Å²) in [5.41, 5.74) is 1.51. The lowest BCUT2D eigenvalue weighted by molar-refractivity contribution is 0.103. The van der Waals surface area contributed by atoms with Crippen LogP contribution in [0.2, 0.25) is 5.02 Å². The van der Waals surface area contributed by atoms with Crippen molar-refractivity contribution in [3.8, 4) is 17.0 Å². The number of ether oxygens (including phenoxy) is 1. The predicted molar refractivity (Wildman–Crippen MR) is 114 cm³/mol. The molecule has 0 unspecified atom stereocenters. The SMILES string of the molecule is COc1ccc2sc(C(=O)Nc3nc(-c4ccc(F)cc4)c(C)s3)c(Cl)c2c1. The summed E-state index contributed by atoms with van der Waals surface area (Å²) in [6, 6.07) is 11.6. The molecular weight excluding hydrogens is 419 g/mol. The van der Waals surface area contributed by atoms with E-state index in [9.17, 15) is 9.18 Å². The van der Waals surface area contributed by atoms with Gasteiger partial charge in [0, 0.05) is 20.5 Å². The number of carbonyl (C=O) groups is 1. The lowest BCUT2D eigenvalue weighted by Crippen LogP contribution is -2.10. The third-order valence-corrected chi connectivity index (χ3v) is 6.74. The Hall–Kier alpha value is -2.48. The molecule has 0 aliphatic carbocycles. The van der Waals surface area contributed by atoms with Crippen LogP contribution < -0.4 is 10.1 Å². The van der Waals surface area contributed by atoms with Gasteiger partial charge in [-0.25, -0.2) is 9.37 Å². The van der Waals surface area contributed by atoms with E-state index < -0.39 is 0 Å². The lowest BCUT2D eigenvalue weighted by atomic mass is 10.1. The Morgan fingerprint density at radius 3 is 2.64 bits per heavy atom. The highest BCUT2D eigenvalue weighted by molar-refractivity contribution is 7.22. The maximum Gasteiger partial charge on any atom is 0.269 e. The van der Waals surface area contributed by atoms with Gasteiger partial charge < -0.3 is 4.74 Å². The highest BCUT2D eigenvalue weighted by Crippen LogP contribution is 2.38. The van der Waals surface area contributed by atoms with Gasteiger partial charge in [-0.15, -0.1) is 22.7 Å². The monoisotopic (exact) mass is 432 g/mol. The molecule has 2 aromatic heterocycles. The van der Waals surface area contributed by atoms with E-state index in [1.807, 2.05) is 25.1 Å². The second-order valence-electron chi connectivity index (χ2n) is 5.99. The number of hydrogen-bond acceptors (Lipinski definition) is 5. The summed E-state index contributed by atoms with van der Waals surface area (Å²) >= 11 is 9.11. The first kappa shape index (κ1) is 18.9. The number of amides is 1. The second kappa shape index (κ2) is 7.50. The summed E-state index contributed by atoms with van der Waals surface area (Å²) < 4.78 is 19.3. The van der Waals surface area contributed by atoms with Crippen LogP contribution >= 0.6 is 34.3 Å². The Balaban J connectivity index is 1.62. The summed E-state index contributed by atoms with van der Waals surface area (Å²) in [5.74, 6) is 0.0596. The van der Waals surface area contributed by atoms with Crippen LogP contribution in [0.4, 0.5) is 9.52 Å². The molecule has 4 rings (SSSR count). The normalized spacial score (nSPS) is 11.0. The molecule has 4 aromatic rings. The molecule has 0 saturated carbocycles. The number of methoxy groups -OCH3 is 1. The number of nitrogens with one attached hydrogen (secondary N) is 1. The van der Waals surface area contributed by atoms with Crippen molar-refractivity contribution in [3.63, 3.8) is 0 Å². The van der Waals surface area contributed by atoms with Crippen molar-refractivity contribution in [2.75, 3.05) is 12.4 Å². The number of aromatic nitrogens is 1. The number of rotatable bonds is 4. The van der Waals surface area contributed by atoms with E-state index in [1.165, 1.54) is 34.8 Å². The van der Waals surface area contributed by atoms with Crippen molar-refractivity contribution in [1.29, 1.82) is 0 Å². The van der Waals surface area contributed by atoms with Gasteiger partial charge in [-0.3, -0.25) is 10.1 Å². The van der Waals surface area contributed by atoms with Crippen LogP contribution in [0.1, 0.15) is 14.5 Å². The fourth-order valence-corrected chi connectivity index (χ4v) is 5.01. The Labute approximate surface area is 173 Å². The van der Waals surface area contributed by atoms with E-state index in [0.717, 1.165) is 20.5 Å². The van der Waals surface area contributed by atoms with Gasteiger partial charge in [-0.2, -0.15) is 0 Å². The number of halogens is 2. The van der Waals surface area contributed by atoms with Crippen LogP contribution in [0, 0.1) is 12.7 Å². The molecule has 0 bridgehead atoms. The van der Waals surface area contributed by atoms with Crippen LogP contribution in [-0.2, 0) is 0 Å². The molecule has 0 aliphatic rings. The van der Waals surface area contributed by atoms with Crippen LogP contribution in [0.25, 0.3) is 21.3 Å². The summed E-state index contributed by atoms with van der Waals surface area (Å²) in [4.78, 5) is 18.6. The third kappa shape index (κ3) is 3.48. The molecule has 0 radical (unpaired) electrons. The first-order valence-corrected chi connectivity index (χ1v) is 10.3. The van der Waals surface area contributed by atoms with Gasteiger partial charge in [0.05, 0.1) is 17.8 Å². The van der Waals surface area contributed by atoms with E-state index in [0.29, 0.717) is 26.5 Å². The number of anilines is 1. The molecule has 0 spiro atoms. The van der Waals surface area contributed by atoms with Crippen molar-refractivity contribution in [2.24, 2.45) is 0 Å². The maximum absolute atomic E-state index is 13.1. The fraction of sp³-hybridized carbons (Fsp3) is 0.100. The molecule has 1 N–H and O–H groups in total. The minimum absolute atomic E-state index is 0.304. The third-order valence-electron chi connectivity index (χ3n) is 4.18. The highest BCUT2D eigenvalue weighted by atomic mass is 35.5. The molecule has 2 aromatic carbocycles. The van der Waals surface area contributed by atoms with Gasteiger partial charge in [0.1, 0.15) is 16.4 Å². The largest absolute Gasteiger partial charge is 0.497 e. The van der Waals surface area contributed by atoms with Gasteiger partial charge in [0.25, 0.3) is 5.91 Å². The summed E-state index contributed by atoms with van der Waals surface area (Å²) in [6.45, 7) is 1.91. The van der Waals surface area contributed by atoms with E-state index in [2.05, 4.69) is 10.3 Å². The zero-order valence-electron chi connectivity index (χ0n) is 14.9. The Morgan fingerprint density at radius 1 is 1.18 bits per heavy atom. The zero-order valence-corrected chi connectivity index (χ0v) is 17.3. The lowest BCUT2D eigenvalue weighted by Gasteiger charge is -2.00. The highest BCUT2D eigenvalue weighted by Gasteiger charge is 2.20. The molecule has 2 heterocycles. The average Bonchev–Trinajstić information content (AvgIpc) is 3.22. The van der Waals surface area contributed by atoms with E-state index in [4.69, 9.17) is 16.3 Å². The number of carbonyl (C=O) groups excluding carboxylic acids is 1. The fourth-order valence-electron chi connectivity index (χ4n) is 2.80. The average molecular weight is 433 g/mol. The smallest absolute Gasteiger partial charge is 0.269 e. The Morgan fingerprint density at radius 2 is 1.93 bits per heavy atom. The minimum atomic E-state index is -0.315. The molecule has 0 fully saturated rings. The number of nitrogens with zero attached hydrogens (tertiary/aromatic N) is 1. The maximum atomic E-state index is 13.1. The predicted octanol–water partition coefficient (Wildman–Crippen LogP) is 6.39. The minimum Gasteiger partial charge on any atom is -0.497 e. The van der Waals surface area contributed by atoms with Crippen molar-refractivity contribution < 1.29 is 13.9 Å². The topological polar surface area (TPSA) is 51.2 Å². The van der Waals surface area contributed by atoms with Gasteiger partial charge in [-0.05, 0) is 49.4 Å². The van der Waals surface area contributed by atoms with Gasteiger partial charge in [-0.1, -0.05) is 11.6 Å². The van der Waals surface area contributed by atoms with E-state index >= 15 is 0 Å². The van der Waals surface area contributed by atoms with Crippen molar-refractivity contribution >= 4 is 55.4 Å². The van der Waals surface area contributed by atoms with Gasteiger partial charge >= 0.3 is 0 Å². The Kier molecular flexibility index (Phi) is 5.05. The molecule has 0 aliphatic heterocycles. The first-order chi connectivity index (χ1) is 13.5. The van der Waals surface area contributed by atoms with Crippen molar-refractivity contribution in [2.45, 2.75) is 6.92 Å². The van der Waals surface area contributed by atoms with Crippen LogP contribution in [0.15, 0.2) is 42.5 Å². The van der Waals surface area contributed by atoms with E-state index in [1.54, 1.807) is 19.2 Å². The zero-order chi connectivity index (χ0) is 19.8. The Bertz CT molecular complexity index is 1190. The molecule has 8 heteroatoms. The quantitative estimate of drug-likeness (QED) is 0.406. The van der Waals surface area contributed by atoms with Crippen molar-refractivity contribution in [3.05, 3.63) is 63.1 Å². The molecule has 0 atom stereocenters. The molecule has 1 amide bonds. The molecular formula is C20H14ClFN2O2S2. The number of thiophene rings is 1. The molecule has 0 saturated heterocycles. The number of thiazole rings is 1. The van der Waals surface area contributed by atoms with Gasteiger partial charge in [0.15, 0.2) is 5.13 Å². The standard InChI is InChI=1S/C20H14ClFN2O2S2/c1-10-17(11-3-5-12(22)6-4-11)23-20(27-10)24-19(25)18-16(21)14-9-13(26-2)7-8-15(14)28-18/h3-9H,1-2H3,(H,23,24,25). The van der Waals surface area contributed by atoms with Crippen LogP contribution in [0.5, 0.6) is 5.75 Å². The number of fused-ring (bicyclic) bond motifs is 1. The molecule has 142 valence electrons. The second-order valence-corrected chi connectivity index (χ2v) is 8.63. The first-order valence-electron chi connectivity index (χ1n) is 8.27. The van der Waals surface area contributed by atoms with Crippen LogP contribution in [0.3, 0.4) is 0 Å². The van der Waals surface area contributed by atoms with Crippen molar-refractivity contribution in [1.82, 2.24) is 4.98 Å². The number of benzene rings is 2. The van der Waals surface area contributed by atoms with Crippen LogP contribution in [-0.4, -0.2) is 18.0 Å². The summed E-state index contributed by atoms with van der Waals surface area (Å²) in [6.07, 6.45) is 0. The van der Waals surface area contributed by atoms with E-state index in [-0.39, 0.29) is 11.7 Å². The number of aryl methyl sites for hydroxylation is 1. The van der Waals surface area contributed by atoms with Gasteiger partial charge in [0.2, 0.25) is 0 Å². The summed E-state index contributed by atoms with van der Waals surface area (Å²) in [7, 11) is 1.58. The number of hydrogen-bond donors (Lipinski definition) is 1. The molecule has 4 nitrogen and oxygen atoms in total. The summed E-state index contributed by atoms with van der Waals surface area (Å²) in [5, 5.41) is 4.45.